The summed E-state index contributed by atoms with van der Waals surface area (Å²) in [6.07, 6.45) is 0.302. The van der Waals surface area contributed by atoms with Crippen molar-refractivity contribution in [2.75, 3.05) is 26.9 Å². The third-order valence-corrected chi connectivity index (χ3v) is 2.55. The fourth-order valence-corrected chi connectivity index (χ4v) is 1.69. The van der Waals surface area contributed by atoms with Crippen LogP contribution < -0.4 is 10.1 Å². The van der Waals surface area contributed by atoms with E-state index in [4.69, 9.17) is 9.47 Å². The van der Waals surface area contributed by atoms with E-state index in [1.165, 1.54) is 5.56 Å². The van der Waals surface area contributed by atoms with Gasteiger partial charge >= 0.3 is 0 Å². The molecule has 102 valence electrons. The number of aliphatic hydroxyl groups is 1. The predicted molar refractivity (Wildman–Crippen MR) is 71.8 cm³/mol. The molecule has 0 amide bonds. The van der Waals surface area contributed by atoms with Crippen molar-refractivity contribution in [2.24, 2.45) is 0 Å². The lowest BCUT2D eigenvalue weighted by molar-refractivity contribution is 0.0594. The third-order valence-electron chi connectivity index (χ3n) is 2.55. The highest BCUT2D eigenvalue weighted by Crippen LogP contribution is 2.12. The summed E-state index contributed by atoms with van der Waals surface area (Å²) in [5.41, 5.74) is 1.18. The first-order chi connectivity index (χ1) is 8.76. The summed E-state index contributed by atoms with van der Waals surface area (Å²) in [5.74, 6) is 0.899. The zero-order valence-electron chi connectivity index (χ0n) is 11.2. The molecular formula is C14H23NO3. The van der Waals surface area contributed by atoms with Crippen LogP contribution in [-0.4, -0.2) is 38.1 Å². The summed E-state index contributed by atoms with van der Waals surface area (Å²) in [4.78, 5) is 0. The van der Waals surface area contributed by atoms with Gasteiger partial charge in [0.2, 0.25) is 0 Å². The van der Waals surface area contributed by atoms with Crippen LogP contribution in [0.4, 0.5) is 0 Å². The first-order valence-electron chi connectivity index (χ1n) is 6.35. The van der Waals surface area contributed by atoms with E-state index in [0.29, 0.717) is 19.6 Å². The summed E-state index contributed by atoms with van der Waals surface area (Å²) in [7, 11) is 1.59. The molecule has 0 aliphatic heterocycles. The molecule has 0 saturated carbocycles. The van der Waals surface area contributed by atoms with Crippen LogP contribution in [0.15, 0.2) is 24.3 Å². The molecule has 0 bridgehead atoms. The Morgan fingerprint density at radius 2 is 2.22 bits per heavy atom. The summed E-state index contributed by atoms with van der Waals surface area (Å²) >= 11 is 0. The van der Waals surface area contributed by atoms with Gasteiger partial charge < -0.3 is 19.9 Å². The number of rotatable bonds is 9. The number of hydrogen-bond acceptors (Lipinski definition) is 4. The largest absolute Gasteiger partial charge is 0.494 e. The zero-order chi connectivity index (χ0) is 13.2. The van der Waals surface area contributed by atoms with Gasteiger partial charge in [0.25, 0.3) is 0 Å². The van der Waals surface area contributed by atoms with E-state index in [9.17, 15) is 5.11 Å². The van der Waals surface area contributed by atoms with Crippen LogP contribution >= 0.6 is 0 Å². The van der Waals surface area contributed by atoms with Crippen LogP contribution in [0.3, 0.4) is 0 Å². The van der Waals surface area contributed by atoms with Crippen LogP contribution in [0.1, 0.15) is 18.9 Å². The Kier molecular flexibility index (Phi) is 7.41. The Balaban J connectivity index is 2.24. The molecule has 4 heteroatoms. The molecule has 0 aliphatic carbocycles. The van der Waals surface area contributed by atoms with Crippen molar-refractivity contribution in [2.45, 2.75) is 26.0 Å². The van der Waals surface area contributed by atoms with Gasteiger partial charge in [-0.05, 0) is 37.6 Å². The van der Waals surface area contributed by atoms with Gasteiger partial charge in [-0.3, -0.25) is 0 Å². The molecule has 2 N–H and O–H groups in total. The van der Waals surface area contributed by atoms with E-state index in [2.05, 4.69) is 11.4 Å². The molecule has 1 unspecified atom stereocenters. The van der Waals surface area contributed by atoms with Crippen molar-refractivity contribution in [1.82, 2.24) is 5.32 Å². The van der Waals surface area contributed by atoms with E-state index >= 15 is 0 Å². The topological polar surface area (TPSA) is 50.7 Å². The van der Waals surface area contributed by atoms with Crippen LogP contribution in [0.2, 0.25) is 0 Å². The normalized spacial score (nSPS) is 12.4. The maximum atomic E-state index is 9.48. The molecule has 0 aromatic heterocycles. The smallest absolute Gasteiger partial charge is 0.119 e. The Labute approximate surface area is 109 Å². The minimum atomic E-state index is -0.391. The molecule has 4 nitrogen and oxygen atoms in total. The second kappa shape index (κ2) is 8.91. The molecule has 0 saturated heterocycles. The van der Waals surface area contributed by atoms with Gasteiger partial charge in [-0.2, -0.15) is 0 Å². The minimum absolute atomic E-state index is 0.390. The van der Waals surface area contributed by atoms with Gasteiger partial charge in [-0.1, -0.05) is 12.1 Å². The Morgan fingerprint density at radius 3 is 2.94 bits per heavy atom. The van der Waals surface area contributed by atoms with Crippen molar-refractivity contribution in [3.63, 3.8) is 0 Å². The van der Waals surface area contributed by atoms with E-state index < -0.39 is 6.10 Å². The van der Waals surface area contributed by atoms with Gasteiger partial charge in [0.15, 0.2) is 0 Å². The van der Waals surface area contributed by atoms with Crippen LogP contribution in [0.25, 0.3) is 0 Å². The number of aliphatic hydroxyl groups excluding tert-OH is 1. The van der Waals surface area contributed by atoms with Crippen LogP contribution in [-0.2, 0) is 11.3 Å². The Bertz CT molecular complexity index is 331. The summed E-state index contributed by atoms with van der Waals surface area (Å²) in [6, 6.07) is 8.03. The second-order valence-electron chi connectivity index (χ2n) is 4.16. The first-order valence-corrected chi connectivity index (χ1v) is 6.35. The van der Waals surface area contributed by atoms with Crippen LogP contribution in [0.5, 0.6) is 5.75 Å². The Morgan fingerprint density at radius 1 is 1.39 bits per heavy atom. The molecule has 0 aliphatic rings. The standard InChI is InChI=1S/C14H23NO3/c1-3-18-14-6-4-5-12(9-14)10-15-8-7-13(16)11-17-2/h4-6,9,13,15-16H,3,7-8,10-11H2,1-2H3. The average Bonchev–Trinajstić information content (AvgIpc) is 2.36. The molecule has 1 rings (SSSR count). The van der Waals surface area contributed by atoms with E-state index in [1.807, 2.05) is 25.1 Å². The van der Waals surface area contributed by atoms with Gasteiger partial charge in [0, 0.05) is 13.7 Å². The van der Waals surface area contributed by atoms with Gasteiger partial charge in [-0.25, -0.2) is 0 Å². The SMILES string of the molecule is CCOc1cccc(CNCCC(O)COC)c1. The summed E-state index contributed by atoms with van der Waals surface area (Å²) in [6.45, 7) is 4.59. The molecule has 0 spiro atoms. The lowest BCUT2D eigenvalue weighted by Gasteiger charge is -2.10. The van der Waals surface area contributed by atoms with Crippen molar-refractivity contribution in [1.29, 1.82) is 0 Å². The summed E-state index contributed by atoms with van der Waals surface area (Å²) < 4.78 is 10.3. The molecule has 0 fully saturated rings. The fourth-order valence-electron chi connectivity index (χ4n) is 1.69. The molecule has 1 atom stereocenters. The van der Waals surface area contributed by atoms with E-state index in [0.717, 1.165) is 18.8 Å². The average molecular weight is 253 g/mol. The molecule has 1 aromatic rings. The number of benzene rings is 1. The zero-order valence-corrected chi connectivity index (χ0v) is 11.2. The quantitative estimate of drug-likeness (QED) is 0.656. The maximum absolute atomic E-state index is 9.48. The second-order valence-corrected chi connectivity index (χ2v) is 4.16. The van der Waals surface area contributed by atoms with Crippen molar-refractivity contribution >= 4 is 0 Å². The molecule has 18 heavy (non-hydrogen) atoms. The number of ether oxygens (including phenoxy) is 2. The highest BCUT2D eigenvalue weighted by molar-refractivity contribution is 5.28. The lowest BCUT2D eigenvalue weighted by atomic mass is 10.2. The highest BCUT2D eigenvalue weighted by Gasteiger charge is 2.02. The van der Waals surface area contributed by atoms with Crippen molar-refractivity contribution in [3.05, 3.63) is 29.8 Å². The monoisotopic (exact) mass is 253 g/mol. The molecule has 0 radical (unpaired) electrons. The molecule has 1 aromatic carbocycles. The van der Waals surface area contributed by atoms with Crippen LogP contribution in [0, 0.1) is 0 Å². The Hall–Kier alpha value is -1.10. The lowest BCUT2D eigenvalue weighted by Crippen LogP contribution is -2.23. The first kappa shape index (κ1) is 15.0. The highest BCUT2D eigenvalue weighted by atomic mass is 16.5. The molecular weight excluding hydrogens is 230 g/mol. The predicted octanol–water partition coefficient (Wildman–Crippen LogP) is 1.57. The van der Waals surface area contributed by atoms with Crippen molar-refractivity contribution < 1.29 is 14.6 Å². The molecule has 0 heterocycles. The van der Waals surface area contributed by atoms with E-state index in [1.54, 1.807) is 7.11 Å². The van der Waals surface area contributed by atoms with Gasteiger partial charge in [0.05, 0.1) is 19.3 Å². The maximum Gasteiger partial charge on any atom is 0.119 e. The number of methoxy groups -OCH3 is 1. The third kappa shape index (κ3) is 6.00. The fraction of sp³-hybridized carbons (Fsp3) is 0.571. The van der Waals surface area contributed by atoms with E-state index in [-0.39, 0.29) is 0 Å². The van der Waals surface area contributed by atoms with Gasteiger partial charge in [0.1, 0.15) is 5.75 Å². The number of hydrogen-bond donors (Lipinski definition) is 2. The number of nitrogens with one attached hydrogen (secondary N) is 1. The van der Waals surface area contributed by atoms with Crippen molar-refractivity contribution in [3.8, 4) is 5.75 Å². The minimum Gasteiger partial charge on any atom is -0.494 e. The summed E-state index contributed by atoms with van der Waals surface area (Å²) in [5, 5.41) is 12.8. The van der Waals surface area contributed by atoms with Gasteiger partial charge in [-0.15, -0.1) is 0 Å².